The first kappa shape index (κ1) is 13.1. The third kappa shape index (κ3) is 5.24. The standard InChI is InChI=1S/C13H23N3/c1-3-6-12(14)8-10-16(2)11-13-7-4-5-9-15-13/h4-5,7,9,12H,3,6,8,10-11,14H2,1-2H3. The van der Waals surface area contributed by atoms with Crippen LogP contribution in [0.25, 0.3) is 0 Å². The van der Waals surface area contributed by atoms with Crippen molar-refractivity contribution in [2.24, 2.45) is 5.73 Å². The van der Waals surface area contributed by atoms with Crippen LogP contribution in [0.4, 0.5) is 0 Å². The predicted molar refractivity (Wildman–Crippen MR) is 68.1 cm³/mol. The maximum atomic E-state index is 5.98. The van der Waals surface area contributed by atoms with Crippen molar-refractivity contribution in [3.05, 3.63) is 30.1 Å². The molecule has 3 heteroatoms. The topological polar surface area (TPSA) is 42.1 Å². The van der Waals surface area contributed by atoms with E-state index in [-0.39, 0.29) is 0 Å². The van der Waals surface area contributed by atoms with Crippen molar-refractivity contribution in [3.63, 3.8) is 0 Å². The normalized spacial score (nSPS) is 13.0. The van der Waals surface area contributed by atoms with Crippen LogP contribution in [0.3, 0.4) is 0 Å². The minimum absolute atomic E-state index is 0.344. The van der Waals surface area contributed by atoms with Crippen molar-refractivity contribution in [2.45, 2.75) is 38.8 Å². The van der Waals surface area contributed by atoms with Gasteiger partial charge >= 0.3 is 0 Å². The average molecular weight is 221 g/mol. The Bertz CT molecular complexity index is 274. The zero-order valence-corrected chi connectivity index (χ0v) is 10.4. The highest BCUT2D eigenvalue weighted by Crippen LogP contribution is 2.03. The lowest BCUT2D eigenvalue weighted by atomic mass is 10.1. The number of hydrogen-bond donors (Lipinski definition) is 1. The first-order chi connectivity index (χ1) is 7.72. The van der Waals surface area contributed by atoms with Gasteiger partial charge in [0.15, 0.2) is 0 Å². The summed E-state index contributed by atoms with van der Waals surface area (Å²) >= 11 is 0. The molecule has 0 aliphatic heterocycles. The number of nitrogens with two attached hydrogens (primary N) is 1. The second-order valence-electron chi connectivity index (χ2n) is 4.40. The lowest BCUT2D eigenvalue weighted by molar-refractivity contribution is 0.304. The van der Waals surface area contributed by atoms with E-state index >= 15 is 0 Å². The van der Waals surface area contributed by atoms with Gasteiger partial charge in [-0.2, -0.15) is 0 Å². The van der Waals surface area contributed by atoms with Crippen molar-refractivity contribution in [1.29, 1.82) is 0 Å². The van der Waals surface area contributed by atoms with E-state index in [1.807, 2.05) is 18.3 Å². The lowest BCUT2D eigenvalue weighted by Crippen LogP contribution is -2.28. The average Bonchev–Trinajstić information content (AvgIpc) is 2.28. The number of aromatic nitrogens is 1. The van der Waals surface area contributed by atoms with E-state index in [0.29, 0.717) is 6.04 Å². The van der Waals surface area contributed by atoms with Crippen molar-refractivity contribution in [1.82, 2.24) is 9.88 Å². The molecule has 0 amide bonds. The van der Waals surface area contributed by atoms with Crippen molar-refractivity contribution in [3.8, 4) is 0 Å². The van der Waals surface area contributed by atoms with Crippen LogP contribution in [-0.4, -0.2) is 29.5 Å². The molecule has 1 aromatic heterocycles. The minimum Gasteiger partial charge on any atom is -0.328 e. The van der Waals surface area contributed by atoms with Crippen molar-refractivity contribution in [2.75, 3.05) is 13.6 Å². The Kier molecular flexibility index (Phi) is 6.04. The molecule has 0 radical (unpaired) electrons. The van der Waals surface area contributed by atoms with E-state index in [1.54, 1.807) is 0 Å². The van der Waals surface area contributed by atoms with Crippen LogP contribution in [0.5, 0.6) is 0 Å². The Balaban J connectivity index is 2.23. The van der Waals surface area contributed by atoms with E-state index in [0.717, 1.165) is 31.6 Å². The maximum Gasteiger partial charge on any atom is 0.0543 e. The number of pyridine rings is 1. The molecule has 16 heavy (non-hydrogen) atoms. The summed E-state index contributed by atoms with van der Waals surface area (Å²) in [5, 5.41) is 0. The van der Waals surface area contributed by atoms with E-state index in [4.69, 9.17) is 5.73 Å². The summed E-state index contributed by atoms with van der Waals surface area (Å²) in [4.78, 5) is 6.58. The number of nitrogens with zero attached hydrogens (tertiary/aromatic N) is 2. The monoisotopic (exact) mass is 221 g/mol. The molecule has 0 saturated carbocycles. The van der Waals surface area contributed by atoms with Gasteiger partial charge in [-0.25, -0.2) is 0 Å². The fourth-order valence-electron chi connectivity index (χ4n) is 1.75. The number of rotatable bonds is 7. The lowest BCUT2D eigenvalue weighted by Gasteiger charge is -2.18. The van der Waals surface area contributed by atoms with E-state index < -0.39 is 0 Å². The highest BCUT2D eigenvalue weighted by atomic mass is 15.1. The molecule has 0 aliphatic carbocycles. The molecular weight excluding hydrogens is 198 g/mol. The molecule has 0 spiro atoms. The largest absolute Gasteiger partial charge is 0.328 e. The fraction of sp³-hybridized carbons (Fsp3) is 0.615. The maximum absolute atomic E-state index is 5.98. The van der Waals surface area contributed by atoms with E-state index in [2.05, 4.69) is 29.9 Å². The smallest absolute Gasteiger partial charge is 0.0543 e. The Morgan fingerprint density at radius 3 is 2.81 bits per heavy atom. The van der Waals surface area contributed by atoms with Gasteiger partial charge < -0.3 is 10.6 Å². The summed E-state index contributed by atoms with van der Waals surface area (Å²) in [5.74, 6) is 0. The molecule has 0 aliphatic rings. The third-order valence-corrected chi connectivity index (χ3v) is 2.70. The zero-order valence-electron chi connectivity index (χ0n) is 10.4. The van der Waals surface area contributed by atoms with Gasteiger partial charge in [-0.3, -0.25) is 4.98 Å². The van der Waals surface area contributed by atoms with Crippen LogP contribution < -0.4 is 5.73 Å². The molecule has 3 nitrogen and oxygen atoms in total. The molecule has 0 fully saturated rings. The van der Waals surface area contributed by atoms with Crippen molar-refractivity contribution >= 4 is 0 Å². The van der Waals surface area contributed by atoms with Crippen LogP contribution in [0.15, 0.2) is 24.4 Å². The Labute approximate surface area is 98.7 Å². The van der Waals surface area contributed by atoms with E-state index in [9.17, 15) is 0 Å². The van der Waals surface area contributed by atoms with Gasteiger partial charge in [-0.15, -0.1) is 0 Å². The van der Waals surface area contributed by atoms with Crippen molar-refractivity contribution < 1.29 is 0 Å². The zero-order chi connectivity index (χ0) is 11.8. The van der Waals surface area contributed by atoms with Crippen LogP contribution >= 0.6 is 0 Å². The van der Waals surface area contributed by atoms with Gasteiger partial charge in [0.1, 0.15) is 0 Å². The third-order valence-electron chi connectivity index (χ3n) is 2.70. The SMILES string of the molecule is CCCC(N)CCN(C)Cc1ccccn1. The van der Waals surface area contributed by atoms with Gasteiger partial charge in [0.2, 0.25) is 0 Å². The van der Waals surface area contributed by atoms with Crippen LogP contribution in [-0.2, 0) is 6.54 Å². The molecule has 1 aromatic rings. The van der Waals surface area contributed by atoms with Gasteiger partial charge in [0.05, 0.1) is 5.69 Å². The summed E-state index contributed by atoms with van der Waals surface area (Å²) in [6.45, 7) is 4.12. The second kappa shape index (κ2) is 7.36. The molecular formula is C13H23N3. The molecule has 1 heterocycles. The summed E-state index contributed by atoms with van der Waals surface area (Å²) < 4.78 is 0. The highest BCUT2D eigenvalue weighted by molar-refractivity contribution is 5.02. The summed E-state index contributed by atoms with van der Waals surface area (Å²) in [7, 11) is 2.12. The number of hydrogen-bond acceptors (Lipinski definition) is 3. The first-order valence-corrected chi connectivity index (χ1v) is 6.06. The summed E-state index contributed by atoms with van der Waals surface area (Å²) in [5.41, 5.74) is 7.10. The summed E-state index contributed by atoms with van der Waals surface area (Å²) in [6.07, 6.45) is 5.20. The second-order valence-corrected chi connectivity index (χ2v) is 4.40. The fourth-order valence-corrected chi connectivity index (χ4v) is 1.75. The molecule has 0 bridgehead atoms. The summed E-state index contributed by atoms with van der Waals surface area (Å²) in [6, 6.07) is 6.37. The molecule has 0 aromatic carbocycles. The first-order valence-electron chi connectivity index (χ1n) is 6.06. The van der Waals surface area contributed by atoms with Gasteiger partial charge in [-0.1, -0.05) is 19.4 Å². The molecule has 1 unspecified atom stereocenters. The van der Waals surface area contributed by atoms with Gasteiger partial charge in [0, 0.05) is 18.8 Å². The quantitative estimate of drug-likeness (QED) is 0.766. The van der Waals surface area contributed by atoms with E-state index in [1.165, 1.54) is 6.42 Å². The highest BCUT2D eigenvalue weighted by Gasteiger charge is 2.05. The Hall–Kier alpha value is -0.930. The van der Waals surface area contributed by atoms with Crippen LogP contribution in [0.1, 0.15) is 31.9 Å². The van der Waals surface area contributed by atoms with Crippen LogP contribution in [0, 0.1) is 0 Å². The minimum atomic E-state index is 0.344. The molecule has 90 valence electrons. The molecule has 1 rings (SSSR count). The van der Waals surface area contributed by atoms with Crippen LogP contribution in [0.2, 0.25) is 0 Å². The predicted octanol–water partition coefficient (Wildman–Crippen LogP) is 2.03. The van der Waals surface area contributed by atoms with Gasteiger partial charge in [0.25, 0.3) is 0 Å². The molecule has 0 saturated heterocycles. The molecule has 2 N–H and O–H groups in total. The molecule has 1 atom stereocenters. The van der Waals surface area contributed by atoms with Gasteiger partial charge in [-0.05, 0) is 38.6 Å². The Morgan fingerprint density at radius 2 is 2.19 bits per heavy atom. The Morgan fingerprint density at radius 1 is 1.38 bits per heavy atom.